The number of rotatable bonds is 6. The van der Waals surface area contributed by atoms with Crippen LogP contribution in [0, 0.1) is 0 Å². The molecular formula is C14H19N3S. The van der Waals surface area contributed by atoms with Gasteiger partial charge in [-0.25, -0.2) is 9.97 Å². The van der Waals surface area contributed by atoms with Gasteiger partial charge in [0.15, 0.2) is 0 Å². The summed E-state index contributed by atoms with van der Waals surface area (Å²) in [6.07, 6.45) is 2.95. The largest absolute Gasteiger partial charge is 0.370 e. The predicted molar refractivity (Wildman–Crippen MR) is 77.3 cm³/mol. The Kier molecular flexibility index (Phi) is 4.70. The quantitative estimate of drug-likeness (QED) is 0.864. The molecule has 0 atom stereocenters. The summed E-state index contributed by atoms with van der Waals surface area (Å²) >= 11 is 1.76. The van der Waals surface area contributed by atoms with E-state index in [0.29, 0.717) is 0 Å². The Hall–Kier alpha value is -1.42. The van der Waals surface area contributed by atoms with Crippen LogP contribution >= 0.6 is 11.3 Å². The van der Waals surface area contributed by atoms with Crippen LogP contribution in [0.4, 0.5) is 5.82 Å². The van der Waals surface area contributed by atoms with Crippen molar-refractivity contribution in [3.8, 4) is 0 Å². The normalized spacial score (nSPS) is 10.6. The van der Waals surface area contributed by atoms with Gasteiger partial charge in [0.1, 0.15) is 11.6 Å². The van der Waals surface area contributed by atoms with Crippen molar-refractivity contribution in [1.82, 2.24) is 9.97 Å². The summed E-state index contributed by atoms with van der Waals surface area (Å²) in [5.74, 6) is 1.86. The third-order valence-corrected chi connectivity index (χ3v) is 3.48. The van der Waals surface area contributed by atoms with E-state index in [9.17, 15) is 0 Å². The fraction of sp³-hybridized carbons (Fsp3) is 0.429. The van der Waals surface area contributed by atoms with Crippen molar-refractivity contribution < 1.29 is 0 Å². The van der Waals surface area contributed by atoms with E-state index >= 15 is 0 Å². The molecule has 0 saturated heterocycles. The topological polar surface area (TPSA) is 37.8 Å². The lowest BCUT2D eigenvalue weighted by Gasteiger charge is -2.08. The van der Waals surface area contributed by atoms with Crippen LogP contribution in [0.1, 0.15) is 36.7 Å². The molecule has 2 rings (SSSR count). The van der Waals surface area contributed by atoms with Crippen molar-refractivity contribution in [3.05, 3.63) is 40.0 Å². The van der Waals surface area contributed by atoms with Gasteiger partial charge in [-0.2, -0.15) is 0 Å². The first-order valence-electron chi connectivity index (χ1n) is 6.45. The van der Waals surface area contributed by atoms with Gasteiger partial charge in [-0.05, 0) is 24.8 Å². The average molecular weight is 261 g/mol. The number of nitrogens with zero attached hydrogens (tertiary/aromatic N) is 2. The molecule has 0 aliphatic rings. The lowest BCUT2D eigenvalue weighted by atomic mass is 10.2. The lowest BCUT2D eigenvalue weighted by Crippen LogP contribution is -2.06. The molecule has 96 valence electrons. The third-order valence-electron chi connectivity index (χ3n) is 2.60. The minimum absolute atomic E-state index is 0.827. The summed E-state index contributed by atoms with van der Waals surface area (Å²) < 4.78 is 0. The summed E-state index contributed by atoms with van der Waals surface area (Å²) in [7, 11) is 0. The first kappa shape index (κ1) is 13.0. The number of hydrogen-bond donors (Lipinski definition) is 1. The molecule has 2 aromatic rings. The standard InChI is InChI=1S/C14H19N3S/c1-3-6-11-9-13(15-4-2)17-14(16-11)10-12-7-5-8-18-12/h5,7-9H,3-4,6,10H2,1-2H3,(H,15,16,17). The zero-order valence-corrected chi connectivity index (χ0v) is 11.8. The van der Waals surface area contributed by atoms with Crippen LogP contribution in [0.15, 0.2) is 23.6 Å². The second-order valence-corrected chi connectivity index (χ2v) is 5.23. The van der Waals surface area contributed by atoms with Gasteiger partial charge in [-0.1, -0.05) is 19.4 Å². The summed E-state index contributed by atoms with van der Waals surface area (Å²) in [4.78, 5) is 10.5. The highest BCUT2D eigenvalue weighted by atomic mass is 32.1. The smallest absolute Gasteiger partial charge is 0.136 e. The molecule has 1 N–H and O–H groups in total. The molecule has 0 amide bonds. The SMILES string of the molecule is CCCc1cc(NCC)nc(Cc2cccs2)n1. The molecule has 3 nitrogen and oxygen atoms in total. The average Bonchev–Trinajstić information content (AvgIpc) is 2.82. The van der Waals surface area contributed by atoms with Crippen LogP contribution < -0.4 is 5.32 Å². The molecule has 0 saturated carbocycles. The molecule has 0 unspecified atom stereocenters. The summed E-state index contributed by atoms with van der Waals surface area (Å²) in [6.45, 7) is 5.15. The fourth-order valence-corrected chi connectivity index (χ4v) is 2.56. The number of nitrogens with one attached hydrogen (secondary N) is 1. The highest BCUT2D eigenvalue weighted by Crippen LogP contribution is 2.15. The lowest BCUT2D eigenvalue weighted by molar-refractivity contribution is 0.843. The van der Waals surface area contributed by atoms with Gasteiger partial charge in [0.25, 0.3) is 0 Å². The van der Waals surface area contributed by atoms with Gasteiger partial charge in [-0.15, -0.1) is 11.3 Å². The van der Waals surface area contributed by atoms with Crippen molar-refractivity contribution in [2.45, 2.75) is 33.1 Å². The van der Waals surface area contributed by atoms with Crippen molar-refractivity contribution in [1.29, 1.82) is 0 Å². The van der Waals surface area contributed by atoms with Crippen molar-refractivity contribution in [2.24, 2.45) is 0 Å². The predicted octanol–water partition coefficient (Wildman–Crippen LogP) is 3.51. The molecule has 0 aliphatic heterocycles. The Balaban J connectivity index is 2.21. The number of hydrogen-bond acceptors (Lipinski definition) is 4. The molecule has 0 radical (unpaired) electrons. The molecule has 0 fully saturated rings. The Morgan fingerprint density at radius 1 is 1.28 bits per heavy atom. The van der Waals surface area contributed by atoms with Crippen molar-refractivity contribution >= 4 is 17.2 Å². The van der Waals surface area contributed by atoms with Gasteiger partial charge in [0.05, 0.1) is 0 Å². The van der Waals surface area contributed by atoms with E-state index in [1.807, 2.05) is 0 Å². The van der Waals surface area contributed by atoms with Crippen LogP contribution in [-0.4, -0.2) is 16.5 Å². The summed E-state index contributed by atoms with van der Waals surface area (Å²) in [5.41, 5.74) is 1.13. The Morgan fingerprint density at radius 2 is 2.17 bits per heavy atom. The van der Waals surface area contributed by atoms with E-state index in [1.54, 1.807) is 11.3 Å². The molecule has 0 aromatic carbocycles. The first-order valence-corrected chi connectivity index (χ1v) is 7.33. The van der Waals surface area contributed by atoms with E-state index in [0.717, 1.165) is 43.1 Å². The maximum absolute atomic E-state index is 4.64. The van der Waals surface area contributed by atoms with Gasteiger partial charge in [0.2, 0.25) is 0 Å². The van der Waals surface area contributed by atoms with E-state index in [2.05, 4.69) is 52.7 Å². The van der Waals surface area contributed by atoms with E-state index in [1.165, 1.54) is 4.88 Å². The Labute approximate surface area is 112 Å². The van der Waals surface area contributed by atoms with Crippen molar-refractivity contribution in [3.63, 3.8) is 0 Å². The fourth-order valence-electron chi connectivity index (χ4n) is 1.86. The van der Waals surface area contributed by atoms with E-state index in [-0.39, 0.29) is 0 Å². The maximum atomic E-state index is 4.64. The highest BCUT2D eigenvalue weighted by molar-refractivity contribution is 7.09. The van der Waals surface area contributed by atoms with E-state index in [4.69, 9.17) is 0 Å². The molecule has 18 heavy (non-hydrogen) atoms. The molecule has 4 heteroatoms. The zero-order chi connectivity index (χ0) is 12.8. The Morgan fingerprint density at radius 3 is 2.83 bits per heavy atom. The first-order chi connectivity index (χ1) is 8.81. The molecule has 2 aromatic heterocycles. The zero-order valence-electron chi connectivity index (χ0n) is 10.9. The summed E-state index contributed by atoms with van der Waals surface area (Å²) in [6, 6.07) is 6.26. The van der Waals surface area contributed by atoms with Crippen LogP contribution in [0.3, 0.4) is 0 Å². The molecular weight excluding hydrogens is 242 g/mol. The molecule has 0 spiro atoms. The number of aromatic nitrogens is 2. The minimum atomic E-state index is 0.827. The third kappa shape index (κ3) is 3.53. The van der Waals surface area contributed by atoms with Gasteiger partial charge >= 0.3 is 0 Å². The van der Waals surface area contributed by atoms with Crippen LogP contribution in [0.25, 0.3) is 0 Å². The van der Waals surface area contributed by atoms with Gasteiger partial charge in [-0.3, -0.25) is 0 Å². The van der Waals surface area contributed by atoms with Crippen LogP contribution in [0.5, 0.6) is 0 Å². The number of thiophene rings is 1. The summed E-state index contributed by atoms with van der Waals surface area (Å²) in [5, 5.41) is 5.37. The van der Waals surface area contributed by atoms with Gasteiger partial charge in [0, 0.05) is 29.6 Å². The number of aryl methyl sites for hydroxylation is 1. The molecule has 2 heterocycles. The maximum Gasteiger partial charge on any atom is 0.136 e. The highest BCUT2D eigenvalue weighted by Gasteiger charge is 2.05. The number of anilines is 1. The van der Waals surface area contributed by atoms with E-state index < -0.39 is 0 Å². The minimum Gasteiger partial charge on any atom is -0.370 e. The van der Waals surface area contributed by atoms with Gasteiger partial charge < -0.3 is 5.32 Å². The Bertz CT molecular complexity index is 456. The molecule has 0 bridgehead atoms. The van der Waals surface area contributed by atoms with Crippen molar-refractivity contribution in [2.75, 3.05) is 11.9 Å². The monoisotopic (exact) mass is 261 g/mol. The molecule has 0 aliphatic carbocycles. The second kappa shape index (κ2) is 6.50. The van der Waals surface area contributed by atoms with Crippen LogP contribution in [0.2, 0.25) is 0 Å². The second-order valence-electron chi connectivity index (χ2n) is 4.20. The van der Waals surface area contributed by atoms with Crippen LogP contribution in [-0.2, 0) is 12.8 Å².